The Labute approximate surface area is 307 Å². The first kappa shape index (κ1) is 29.7. The monoisotopic (exact) mass is 672 g/mol. The maximum Gasteiger partial charge on any atom is 0.143 e. The van der Waals surface area contributed by atoms with Gasteiger partial charge in [0.25, 0.3) is 0 Å². The third kappa shape index (κ3) is 4.64. The summed E-state index contributed by atoms with van der Waals surface area (Å²) >= 11 is 0. The van der Waals surface area contributed by atoms with Gasteiger partial charge < -0.3 is 4.42 Å². The smallest absolute Gasteiger partial charge is 0.143 e. The van der Waals surface area contributed by atoms with Crippen molar-refractivity contribution in [3.8, 4) is 44.5 Å². The van der Waals surface area contributed by atoms with Gasteiger partial charge in [0.2, 0.25) is 0 Å². The Balaban J connectivity index is 1.07. The van der Waals surface area contributed by atoms with Crippen LogP contribution in [-0.4, -0.2) is 0 Å². The molecule has 0 radical (unpaired) electrons. The van der Waals surface area contributed by atoms with Crippen molar-refractivity contribution in [2.45, 2.75) is 0 Å². The summed E-state index contributed by atoms with van der Waals surface area (Å²) in [6, 6.07) is 70.5. The quantitative estimate of drug-likeness (QED) is 0.170. The molecule has 1 heteroatoms. The van der Waals surface area contributed by atoms with Crippen LogP contribution < -0.4 is 0 Å². The van der Waals surface area contributed by atoms with Gasteiger partial charge in [0.15, 0.2) is 0 Å². The number of hydrogen-bond donors (Lipinski definition) is 0. The van der Waals surface area contributed by atoms with Gasteiger partial charge in [0, 0.05) is 16.2 Å². The fourth-order valence-corrected chi connectivity index (χ4v) is 8.66. The zero-order valence-electron chi connectivity index (χ0n) is 28.9. The second kappa shape index (κ2) is 11.8. The highest BCUT2D eigenvalue weighted by atomic mass is 16.3. The SMILES string of the molecule is c1ccc(-c2cccc3ccccc23)c(-c2ccc(-c3c4ccccc4c(-c4ccc5c(c4)oc4c6ccccc6ccc54)c4ccccc34)cc2)c1. The molecule has 0 spiro atoms. The Kier molecular flexibility index (Phi) is 6.62. The average molecular weight is 673 g/mol. The first-order valence-electron chi connectivity index (χ1n) is 18.3. The average Bonchev–Trinajstić information content (AvgIpc) is 3.61. The predicted molar refractivity (Wildman–Crippen MR) is 225 cm³/mol. The maximum atomic E-state index is 6.65. The lowest BCUT2D eigenvalue weighted by molar-refractivity contribution is 0.673. The highest BCUT2D eigenvalue weighted by Gasteiger charge is 2.19. The van der Waals surface area contributed by atoms with Crippen LogP contribution in [0, 0.1) is 0 Å². The van der Waals surface area contributed by atoms with Gasteiger partial charge >= 0.3 is 0 Å². The van der Waals surface area contributed by atoms with E-state index >= 15 is 0 Å². The lowest BCUT2D eigenvalue weighted by Crippen LogP contribution is -1.91. The summed E-state index contributed by atoms with van der Waals surface area (Å²) in [6.45, 7) is 0. The highest BCUT2D eigenvalue weighted by Crippen LogP contribution is 2.46. The Morgan fingerprint density at radius 2 is 0.736 bits per heavy atom. The lowest BCUT2D eigenvalue weighted by atomic mass is 9.85. The largest absolute Gasteiger partial charge is 0.455 e. The summed E-state index contributed by atoms with van der Waals surface area (Å²) in [5.41, 5.74) is 11.6. The van der Waals surface area contributed by atoms with E-state index < -0.39 is 0 Å². The number of hydrogen-bond acceptors (Lipinski definition) is 1. The molecule has 0 atom stereocenters. The molecule has 0 unspecified atom stereocenters. The van der Waals surface area contributed by atoms with E-state index in [0.29, 0.717) is 0 Å². The Morgan fingerprint density at radius 3 is 1.43 bits per heavy atom. The van der Waals surface area contributed by atoms with Crippen molar-refractivity contribution in [2.24, 2.45) is 0 Å². The van der Waals surface area contributed by atoms with Crippen molar-refractivity contribution in [1.29, 1.82) is 0 Å². The van der Waals surface area contributed by atoms with Crippen molar-refractivity contribution >= 4 is 65.0 Å². The lowest BCUT2D eigenvalue weighted by Gasteiger charge is -2.18. The zero-order chi connectivity index (χ0) is 34.9. The van der Waals surface area contributed by atoms with Crippen LogP contribution in [0.2, 0.25) is 0 Å². The fraction of sp³-hybridized carbons (Fsp3) is 0. The molecule has 0 N–H and O–H groups in total. The minimum absolute atomic E-state index is 0.908. The number of furan rings is 1. The first-order valence-corrected chi connectivity index (χ1v) is 18.3. The first-order chi connectivity index (χ1) is 26.3. The topological polar surface area (TPSA) is 13.1 Å². The van der Waals surface area contributed by atoms with Gasteiger partial charge in [-0.15, -0.1) is 0 Å². The van der Waals surface area contributed by atoms with Crippen LogP contribution in [0.4, 0.5) is 0 Å². The Morgan fingerprint density at radius 1 is 0.264 bits per heavy atom. The van der Waals surface area contributed by atoms with E-state index in [1.54, 1.807) is 0 Å². The highest BCUT2D eigenvalue weighted by molar-refractivity contribution is 6.22. The molecule has 53 heavy (non-hydrogen) atoms. The van der Waals surface area contributed by atoms with Gasteiger partial charge in [-0.25, -0.2) is 0 Å². The second-order valence-electron chi connectivity index (χ2n) is 14.0. The molecule has 0 fully saturated rings. The minimum Gasteiger partial charge on any atom is -0.455 e. The summed E-state index contributed by atoms with van der Waals surface area (Å²) in [7, 11) is 0. The van der Waals surface area contributed by atoms with Gasteiger partial charge in [-0.3, -0.25) is 0 Å². The molecule has 0 amide bonds. The molecule has 1 heterocycles. The third-order valence-electron chi connectivity index (χ3n) is 11.1. The van der Waals surface area contributed by atoms with Crippen LogP contribution in [0.3, 0.4) is 0 Å². The van der Waals surface area contributed by atoms with E-state index in [1.807, 2.05) is 0 Å². The Hall–Kier alpha value is -6.96. The molecule has 246 valence electrons. The van der Waals surface area contributed by atoms with Crippen molar-refractivity contribution in [2.75, 3.05) is 0 Å². The van der Waals surface area contributed by atoms with Gasteiger partial charge in [-0.2, -0.15) is 0 Å². The van der Waals surface area contributed by atoms with E-state index in [9.17, 15) is 0 Å². The van der Waals surface area contributed by atoms with Crippen molar-refractivity contribution in [3.63, 3.8) is 0 Å². The van der Waals surface area contributed by atoms with Gasteiger partial charge in [0.05, 0.1) is 0 Å². The van der Waals surface area contributed by atoms with E-state index in [0.717, 1.165) is 32.9 Å². The molecular weight excluding hydrogens is 641 g/mol. The molecule has 1 aromatic heterocycles. The molecule has 0 aliphatic carbocycles. The van der Waals surface area contributed by atoms with E-state index in [2.05, 4.69) is 194 Å². The van der Waals surface area contributed by atoms with Crippen molar-refractivity contribution in [1.82, 2.24) is 0 Å². The molecule has 0 bridgehead atoms. The minimum atomic E-state index is 0.908. The predicted octanol–water partition coefficient (Wildman–Crippen LogP) is 14.9. The van der Waals surface area contributed by atoms with Crippen molar-refractivity contribution < 1.29 is 4.42 Å². The number of benzene rings is 10. The zero-order valence-corrected chi connectivity index (χ0v) is 28.9. The summed E-state index contributed by atoms with van der Waals surface area (Å²) in [5, 5.41) is 12.1. The summed E-state index contributed by atoms with van der Waals surface area (Å²) in [6.07, 6.45) is 0. The number of fused-ring (bicyclic) bond motifs is 8. The van der Waals surface area contributed by atoms with Crippen LogP contribution in [0.5, 0.6) is 0 Å². The van der Waals surface area contributed by atoms with Gasteiger partial charge in [-0.05, 0) is 100 Å². The molecule has 0 aliphatic rings. The number of rotatable bonds is 4. The standard InChI is InChI=1S/C52H32O/c1-3-15-38-33(12-1)14-11-23-42(38)41-18-6-5-16-39(41)35-24-26-36(27-25-35)50-44-19-7-9-21-46(44)51(47-22-10-8-20-45(47)50)37-29-30-43-48-31-28-34-13-2-4-17-40(34)52(48)53-49(43)32-37/h1-32H. The molecule has 0 saturated heterocycles. The summed E-state index contributed by atoms with van der Waals surface area (Å²) < 4.78 is 6.65. The van der Waals surface area contributed by atoms with Crippen molar-refractivity contribution in [3.05, 3.63) is 194 Å². The van der Waals surface area contributed by atoms with Crippen LogP contribution in [0.15, 0.2) is 199 Å². The molecule has 0 saturated carbocycles. The Bertz CT molecular complexity index is 3150. The van der Waals surface area contributed by atoms with Gasteiger partial charge in [-0.1, -0.05) is 176 Å². The normalized spacial score (nSPS) is 11.8. The molecule has 0 aliphatic heterocycles. The van der Waals surface area contributed by atoms with Gasteiger partial charge in [0.1, 0.15) is 11.2 Å². The van der Waals surface area contributed by atoms with E-state index in [4.69, 9.17) is 4.42 Å². The third-order valence-corrected chi connectivity index (χ3v) is 11.1. The second-order valence-corrected chi connectivity index (χ2v) is 14.0. The van der Waals surface area contributed by atoms with Crippen LogP contribution in [0.1, 0.15) is 0 Å². The molecule has 10 aromatic carbocycles. The molecule has 11 rings (SSSR count). The van der Waals surface area contributed by atoms with Crippen LogP contribution >= 0.6 is 0 Å². The summed E-state index contributed by atoms with van der Waals surface area (Å²) in [4.78, 5) is 0. The fourth-order valence-electron chi connectivity index (χ4n) is 8.66. The molecule has 1 nitrogen and oxygen atoms in total. The summed E-state index contributed by atoms with van der Waals surface area (Å²) in [5.74, 6) is 0. The van der Waals surface area contributed by atoms with E-state index in [1.165, 1.54) is 76.6 Å². The maximum absolute atomic E-state index is 6.65. The molecular formula is C52H32O. The van der Waals surface area contributed by atoms with Crippen LogP contribution in [0.25, 0.3) is 110 Å². The van der Waals surface area contributed by atoms with Crippen LogP contribution in [-0.2, 0) is 0 Å². The van der Waals surface area contributed by atoms with E-state index in [-0.39, 0.29) is 0 Å². The molecule has 11 aromatic rings.